The molecule has 46 heavy (non-hydrogen) atoms. The Bertz CT molecular complexity index is 1680. The topological polar surface area (TPSA) is 160 Å². The van der Waals surface area contributed by atoms with Gasteiger partial charge in [0.2, 0.25) is 0 Å². The van der Waals surface area contributed by atoms with E-state index >= 15 is 0 Å². The lowest BCUT2D eigenvalue weighted by atomic mass is 9.89. The highest BCUT2D eigenvalue weighted by atomic mass is 16.5. The van der Waals surface area contributed by atoms with Crippen LogP contribution in [-0.2, 0) is 39.8 Å². The fraction of sp³-hybridized carbons (Fsp3) is 0.400. The molecule has 3 aliphatic heterocycles. The number of rotatable bonds is 11. The molecular formula is C35H41N3O8. The van der Waals surface area contributed by atoms with Gasteiger partial charge in [-0.05, 0) is 68.9 Å². The van der Waals surface area contributed by atoms with Gasteiger partial charge in [0.05, 0.1) is 43.2 Å². The van der Waals surface area contributed by atoms with E-state index in [0.717, 1.165) is 22.3 Å². The van der Waals surface area contributed by atoms with Gasteiger partial charge in [-0.25, -0.2) is 9.79 Å². The van der Waals surface area contributed by atoms with Crippen LogP contribution in [0.2, 0.25) is 0 Å². The third-order valence-electron chi connectivity index (χ3n) is 8.72. The highest BCUT2D eigenvalue weighted by Crippen LogP contribution is 2.38. The molecule has 0 aromatic carbocycles. The number of H-pyrrole nitrogens is 1. The summed E-state index contributed by atoms with van der Waals surface area (Å²) in [6.07, 6.45) is 7.09. The number of nitrogens with zero attached hydrogens (tertiary/aromatic N) is 1. The fourth-order valence-electron chi connectivity index (χ4n) is 5.90. The molecule has 0 amide bonds. The second-order valence-corrected chi connectivity index (χ2v) is 11.5. The van der Waals surface area contributed by atoms with Gasteiger partial charge in [-0.15, -0.1) is 0 Å². The van der Waals surface area contributed by atoms with Gasteiger partial charge in [0.1, 0.15) is 11.5 Å². The maximum Gasteiger partial charge on any atom is 0.343 e. The number of nitrogens with one attached hydrogen (secondary N) is 2. The van der Waals surface area contributed by atoms with Crippen molar-refractivity contribution in [3.05, 3.63) is 80.8 Å². The first kappa shape index (κ1) is 34.1. The standard InChI is InChI=1S/C35H41N3O8/c1-9-22-19(4)29(46-35(22)42)15-25-17(2)23(10-12-31(40)43-7)27(37-25)14-28-24(11-13-32(41)44-8)18(3)26(38-28)16-30-33(21(6)39)20(5)34(36)45-30/h9,14-16,20-21,33,36-37,39H,1,10-13H2,2-8H3/b28-14-,29-15-,30-16-,36-34?/t20-,21+,33+/m1/s1. The normalized spacial score (nSPS) is 23.0. The molecule has 0 bridgehead atoms. The molecule has 3 atom stereocenters. The van der Waals surface area contributed by atoms with Gasteiger partial charge in [0, 0.05) is 47.9 Å². The van der Waals surface area contributed by atoms with E-state index in [1.807, 2.05) is 26.8 Å². The first-order valence-corrected chi connectivity index (χ1v) is 15.1. The van der Waals surface area contributed by atoms with Crippen molar-refractivity contribution >= 4 is 41.7 Å². The molecule has 11 heteroatoms. The van der Waals surface area contributed by atoms with Crippen molar-refractivity contribution in [2.45, 2.75) is 66.4 Å². The Balaban J connectivity index is 1.84. The summed E-state index contributed by atoms with van der Waals surface area (Å²) >= 11 is 0. The number of methoxy groups -OCH3 is 2. The van der Waals surface area contributed by atoms with Crippen molar-refractivity contribution < 1.29 is 38.4 Å². The Morgan fingerprint density at radius 1 is 1.04 bits per heavy atom. The molecule has 1 fully saturated rings. The Labute approximate surface area is 268 Å². The van der Waals surface area contributed by atoms with Gasteiger partial charge in [-0.1, -0.05) is 19.6 Å². The maximum atomic E-state index is 12.3. The van der Waals surface area contributed by atoms with Crippen molar-refractivity contribution in [1.29, 1.82) is 5.41 Å². The molecule has 3 aliphatic rings. The molecule has 1 saturated heterocycles. The summed E-state index contributed by atoms with van der Waals surface area (Å²) in [7, 11) is 2.68. The summed E-state index contributed by atoms with van der Waals surface area (Å²) in [4.78, 5) is 44.9. The van der Waals surface area contributed by atoms with Crippen LogP contribution < -0.4 is 0 Å². The van der Waals surface area contributed by atoms with E-state index in [-0.39, 0.29) is 36.6 Å². The fourth-order valence-corrected chi connectivity index (χ4v) is 5.90. The van der Waals surface area contributed by atoms with Gasteiger partial charge in [0.15, 0.2) is 5.90 Å². The van der Waals surface area contributed by atoms with Crippen LogP contribution in [0.15, 0.2) is 63.2 Å². The van der Waals surface area contributed by atoms with Crippen molar-refractivity contribution in [2.24, 2.45) is 16.8 Å². The first-order valence-electron chi connectivity index (χ1n) is 15.1. The van der Waals surface area contributed by atoms with Crippen molar-refractivity contribution in [2.75, 3.05) is 14.2 Å². The molecule has 0 spiro atoms. The van der Waals surface area contributed by atoms with E-state index in [2.05, 4.69) is 11.6 Å². The van der Waals surface area contributed by atoms with Crippen LogP contribution in [0, 0.1) is 24.2 Å². The predicted molar refractivity (Wildman–Crippen MR) is 173 cm³/mol. The minimum Gasteiger partial charge on any atom is -0.469 e. The second kappa shape index (κ2) is 14.1. The maximum absolute atomic E-state index is 12.3. The SMILES string of the molecule is C=CC1=C(C)/C(=C/c2[nH]c(/C=C3N=C(/C=C4\OC(=N)[C@H](C)[C@H]4[C@H](C)O)C(C)=C\3CCC(=O)OC)c(CCC(=O)OC)c2C)OC1=O. The van der Waals surface area contributed by atoms with Gasteiger partial charge >= 0.3 is 17.9 Å². The smallest absolute Gasteiger partial charge is 0.343 e. The van der Waals surface area contributed by atoms with Crippen LogP contribution >= 0.6 is 0 Å². The number of hydrogen-bond acceptors (Lipinski definition) is 10. The molecule has 4 heterocycles. The number of aliphatic imine (C=N–C) groups is 1. The minimum absolute atomic E-state index is 0.0797. The first-order chi connectivity index (χ1) is 21.8. The summed E-state index contributed by atoms with van der Waals surface area (Å²) in [6, 6.07) is 0. The molecule has 244 valence electrons. The van der Waals surface area contributed by atoms with Crippen LogP contribution in [0.3, 0.4) is 0 Å². The van der Waals surface area contributed by atoms with E-state index in [0.29, 0.717) is 58.3 Å². The average Bonchev–Trinajstić information content (AvgIpc) is 3.67. The van der Waals surface area contributed by atoms with E-state index < -0.39 is 18.0 Å². The number of cyclic esters (lactones) is 1. The number of carbonyl (C=O) groups excluding carboxylic acids is 3. The summed E-state index contributed by atoms with van der Waals surface area (Å²) in [6.45, 7) is 12.8. The van der Waals surface area contributed by atoms with E-state index in [4.69, 9.17) is 29.3 Å². The van der Waals surface area contributed by atoms with Crippen LogP contribution in [0.5, 0.6) is 0 Å². The summed E-state index contributed by atoms with van der Waals surface area (Å²) in [5.41, 5.74) is 6.96. The number of aliphatic hydroxyl groups excluding tert-OH is 1. The largest absolute Gasteiger partial charge is 0.469 e. The molecule has 0 saturated carbocycles. The Morgan fingerprint density at radius 3 is 2.28 bits per heavy atom. The zero-order chi connectivity index (χ0) is 33.9. The number of carbonyl (C=O) groups is 3. The summed E-state index contributed by atoms with van der Waals surface area (Å²) in [5, 5.41) is 18.6. The van der Waals surface area contributed by atoms with Gasteiger partial charge in [-0.3, -0.25) is 15.0 Å². The summed E-state index contributed by atoms with van der Waals surface area (Å²) < 4.78 is 21.0. The van der Waals surface area contributed by atoms with Gasteiger partial charge < -0.3 is 29.0 Å². The Hall–Kier alpha value is -4.77. The number of aromatic nitrogens is 1. The van der Waals surface area contributed by atoms with Crippen LogP contribution in [-0.4, -0.2) is 59.9 Å². The molecule has 1 aromatic rings. The predicted octanol–water partition coefficient (Wildman–Crippen LogP) is 5.42. The van der Waals surface area contributed by atoms with Crippen LogP contribution in [0.4, 0.5) is 0 Å². The van der Waals surface area contributed by atoms with E-state index in [1.54, 1.807) is 26.0 Å². The number of aliphatic hydroxyl groups is 1. The molecule has 1 aromatic heterocycles. The average molecular weight is 632 g/mol. The molecule has 0 radical (unpaired) electrons. The molecular weight excluding hydrogens is 590 g/mol. The summed E-state index contributed by atoms with van der Waals surface area (Å²) in [5.74, 6) is -0.948. The van der Waals surface area contributed by atoms with Crippen molar-refractivity contribution in [3.63, 3.8) is 0 Å². The number of hydrogen-bond donors (Lipinski definition) is 3. The Kier molecular flexibility index (Phi) is 10.5. The van der Waals surface area contributed by atoms with Crippen molar-refractivity contribution in [1.82, 2.24) is 4.98 Å². The number of aromatic amines is 1. The molecule has 0 aliphatic carbocycles. The highest BCUT2D eigenvalue weighted by molar-refractivity contribution is 6.13. The number of allylic oxidation sites excluding steroid dienone is 4. The molecule has 4 rings (SSSR count). The lowest BCUT2D eigenvalue weighted by molar-refractivity contribution is -0.141. The monoisotopic (exact) mass is 631 g/mol. The number of esters is 3. The van der Waals surface area contributed by atoms with Gasteiger partial charge in [0.25, 0.3) is 0 Å². The van der Waals surface area contributed by atoms with E-state index in [9.17, 15) is 19.5 Å². The zero-order valence-electron chi connectivity index (χ0n) is 27.3. The lowest BCUT2D eigenvalue weighted by Gasteiger charge is -2.16. The van der Waals surface area contributed by atoms with Crippen LogP contribution in [0.25, 0.3) is 12.2 Å². The third-order valence-corrected chi connectivity index (χ3v) is 8.72. The quantitative estimate of drug-likeness (QED) is 0.216. The van der Waals surface area contributed by atoms with Crippen LogP contribution in [0.1, 0.15) is 69.5 Å². The van der Waals surface area contributed by atoms with Crippen molar-refractivity contribution in [3.8, 4) is 0 Å². The second-order valence-electron chi connectivity index (χ2n) is 11.5. The third kappa shape index (κ3) is 6.89. The lowest BCUT2D eigenvalue weighted by Crippen LogP contribution is -2.23. The highest BCUT2D eigenvalue weighted by Gasteiger charge is 2.39. The van der Waals surface area contributed by atoms with Gasteiger partial charge in [-0.2, -0.15) is 0 Å². The molecule has 11 nitrogen and oxygen atoms in total. The molecule has 3 N–H and O–H groups in total. The zero-order valence-corrected chi connectivity index (χ0v) is 27.3. The minimum atomic E-state index is -0.740. The Morgan fingerprint density at radius 2 is 1.70 bits per heavy atom. The molecule has 0 unspecified atom stereocenters. The van der Waals surface area contributed by atoms with E-state index in [1.165, 1.54) is 20.3 Å². The number of ether oxygens (including phenoxy) is 4.